The van der Waals surface area contributed by atoms with Crippen LogP contribution in [0.2, 0.25) is 0 Å². The summed E-state index contributed by atoms with van der Waals surface area (Å²) >= 11 is 0. The van der Waals surface area contributed by atoms with E-state index in [0.717, 1.165) is 18.7 Å². The molecule has 1 saturated carbocycles. The number of unbranched alkanes of at least 4 members (excludes halogenated alkanes) is 2. The molecule has 158 valence electrons. The summed E-state index contributed by atoms with van der Waals surface area (Å²) in [6.07, 6.45) is 6.83. The number of amides is 1. The van der Waals surface area contributed by atoms with Crippen LogP contribution < -0.4 is 5.32 Å². The van der Waals surface area contributed by atoms with Gasteiger partial charge in [-0.05, 0) is 32.1 Å². The molecule has 1 saturated heterocycles. The largest absolute Gasteiger partial charge is 0.310 e. The third-order valence-electron chi connectivity index (χ3n) is 5.73. The van der Waals surface area contributed by atoms with Crippen molar-refractivity contribution in [1.82, 2.24) is 19.0 Å². The summed E-state index contributed by atoms with van der Waals surface area (Å²) in [5.41, 5.74) is 0. The van der Waals surface area contributed by atoms with E-state index in [2.05, 4.69) is 24.3 Å². The third-order valence-corrected chi connectivity index (χ3v) is 7.68. The molecule has 28 heavy (non-hydrogen) atoms. The van der Waals surface area contributed by atoms with E-state index in [1.807, 2.05) is 15.6 Å². The van der Waals surface area contributed by atoms with Crippen molar-refractivity contribution in [2.75, 3.05) is 43.8 Å². The van der Waals surface area contributed by atoms with Gasteiger partial charge in [0, 0.05) is 32.2 Å². The lowest BCUT2D eigenvalue weighted by Crippen LogP contribution is -2.50. The van der Waals surface area contributed by atoms with E-state index < -0.39 is 10.0 Å². The normalized spacial score (nSPS) is 20.2. The van der Waals surface area contributed by atoms with E-state index in [0.29, 0.717) is 44.6 Å². The molecule has 1 amide bonds. The number of carbonyl (C=O) groups is 1. The van der Waals surface area contributed by atoms with Crippen molar-refractivity contribution in [3.05, 3.63) is 12.3 Å². The molecule has 0 aromatic carbocycles. The van der Waals surface area contributed by atoms with Gasteiger partial charge in [-0.1, -0.05) is 19.8 Å². The van der Waals surface area contributed by atoms with E-state index in [9.17, 15) is 13.2 Å². The van der Waals surface area contributed by atoms with Crippen LogP contribution in [-0.2, 0) is 14.8 Å². The molecule has 1 aromatic rings. The molecule has 8 nitrogen and oxygen atoms in total. The zero-order valence-corrected chi connectivity index (χ0v) is 17.8. The van der Waals surface area contributed by atoms with Crippen LogP contribution in [0.25, 0.3) is 0 Å². The summed E-state index contributed by atoms with van der Waals surface area (Å²) in [6, 6.07) is 2.13. The fourth-order valence-corrected chi connectivity index (χ4v) is 5.28. The number of nitrogens with zero attached hydrogens (tertiary/aromatic N) is 4. The van der Waals surface area contributed by atoms with Gasteiger partial charge in [-0.2, -0.15) is 9.40 Å². The van der Waals surface area contributed by atoms with Gasteiger partial charge < -0.3 is 5.32 Å². The van der Waals surface area contributed by atoms with Gasteiger partial charge in [0.1, 0.15) is 5.82 Å². The Bertz CT molecular complexity index is 751. The lowest BCUT2D eigenvalue weighted by atomic mass is 10.2. The number of piperazine rings is 1. The van der Waals surface area contributed by atoms with Crippen LogP contribution in [0, 0.1) is 5.92 Å². The van der Waals surface area contributed by atoms with Gasteiger partial charge in [0.05, 0.1) is 24.5 Å². The Labute approximate surface area is 168 Å². The minimum atomic E-state index is -3.17. The zero-order valence-electron chi connectivity index (χ0n) is 17.0. The molecular weight excluding hydrogens is 378 g/mol. The molecule has 2 fully saturated rings. The highest BCUT2D eigenvalue weighted by Gasteiger charge is 2.31. The first-order valence-corrected chi connectivity index (χ1v) is 12.0. The average Bonchev–Trinajstić information content (AvgIpc) is 3.41. The quantitative estimate of drug-likeness (QED) is 0.595. The summed E-state index contributed by atoms with van der Waals surface area (Å²) in [4.78, 5) is 14.5. The van der Waals surface area contributed by atoms with Crippen LogP contribution in [-0.4, -0.2) is 71.8 Å². The third kappa shape index (κ3) is 5.55. The summed E-state index contributed by atoms with van der Waals surface area (Å²) in [5.74, 6) is 1.54. The molecule has 1 N–H and O–H groups in total. The highest BCUT2D eigenvalue weighted by Crippen LogP contribution is 2.40. The van der Waals surface area contributed by atoms with Crippen molar-refractivity contribution < 1.29 is 13.2 Å². The second-order valence-corrected chi connectivity index (χ2v) is 10.1. The molecule has 0 spiro atoms. The van der Waals surface area contributed by atoms with Crippen molar-refractivity contribution in [1.29, 1.82) is 0 Å². The fourth-order valence-electron chi connectivity index (χ4n) is 3.73. The highest BCUT2D eigenvalue weighted by molar-refractivity contribution is 7.89. The first kappa shape index (κ1) is 21.3. The van der Waals surface area contributed by atoms with E-state index in [4.69, 9.17) is 0 Å². The number of nitrogens with one attached hydrogen (secondary N) is 1. The Morgan fingerprint density at radius 2 is 1.96 bits per heavy atom. The second-order valence-electron chi connectivity index (χ2n) is 7.99. The van der Waals surface area contributed by atoms with Crippen molar-refractivity contribution in [3.63, 3.8) is 0 Å². The predicted molar refractivity (Wildman–Crippen MR) is 110 cm³/mol. The number of sulfonamides is 1. The molecule has 2 heterocycles. The molecule has 9 heteroatoms. The van der Waals surface area contributed by atoms with Crippen LogP contribution in [0.3, 0.4) is 0 Å². The Morgan fingerprint density at radius 3 is 2.61 bits per heavy atom. The maximum Gasteiger partial charge on any atom is 0.239 e. The SMILES string of the molecule is CCCCCS(=O)(=O)N1CCN(CC(=O)Nc2ccnn2C(C)C2CC2)CC1. The van der Waals surface area contributed by atoms with Crippen molar-refractivity contribution in [2.45, 2.75) is 52.0 Å². The number of rotatable bonds is 10. The molecular formula is C19H33N5O3S. The van der Waals surface area contributed by atoms with E-state index in [-0.39, 0.29) is 18.2 Å². The number of anilines is 1. The monoisotopic (exact) mass is 411 g/mol. The van der Waals surface area contributed by atoms with Crippen molar-refractivity contribution in [2.24, 2.45) is 5.92 Å². The van der Waals surface area contributed by atoms with E-state index in [1.54, 1.807) is 10.5 Å². The Kier molecular flexibility index (Phi) is 7.11. The second kappa shape index (κ2) is 9.37. The number of hydrogen-bond donors (Lipinski definition) is 1. The smallest absolute Gasteiger partial charge is 0.239 e. The van der Waals surface area contributed by atoms with Gasteiger partial charge in [0.15, 0.2) is 0 Å². The molecule has 1 aromatic heterocycles. The molecule has 1 unspecified atom stereocenters. The zero-order chi connectivity index (χ0) is 20.1. The predicted octanol–water partition coefficient (Wildman–Crippen LogP) is 1.93. The van der Waals surface area contributed by atoms with Crippen LogP contribution in [0.1, 0.15) is 52.0 Å². The molecule has 0 radical (unpaired) electrons. The minimum Gasteiger partial charge on any atom is -0.310 e. The van der Waals surface area contributed by atoms with Gasteiger partial charge in [-0.25, -0.2) is 13.1 Å². The molecule has 1 aliphatic carbocycles. The van der Waals surface area contributed by atoms with Gasteiger partial charge >= 0.3 is 0 Å². The average molecular weight is 412 g/mol. The number of carbonyl (C=O) groups excluding carboxylic acids is 1. The van der Waals surface area contributed by atoms with Crippen molar-refractivity contribution in [3.8, 4) is 0 Å². The Hall–Kier alpha value is -1.45. The molecule has 1 aliphatic heterocycles. The summed E-state index contributed by atoms with van der Waals surface area (Å²) in [5, 5.41) is 7.32. The van der Waals surface area contributed by atoms with Crippen LogP contribution in [0.4, 0.5) is 5.82 Å². The van der Waals surface area contributed by atoms with Crippen molar-refractivity contribution >= 4 is 21.7 Å². The highest BCUT2D eigenvalue weighted by atomic mass is 32.2. The van der Waals surface area contributed by atoms with E-state index in [1.165, 1.54) is 12.8 Å². The summed E-state index contributed by atoms with van der Waals surface area (Å²) in [7, 11) is -3.17. The summed E-state index contributed by atoms with van der Waals surface area (Å²) in [6.45, 7) is 6.55. The molecule has 1 atom stereocenters. The van der Waals surface area contributed by atoms with Gasteiger partial charge in [-0.3, -0.25) is 9.69 Å². The minimum absolute atomic E-state index is 0.0796. The number of hydrogen-bond acceptors (Lipinski definition) is 5. The van der Waals surface area contributed by atoms with Crippen LogP contribution >= 0.6 is 0 Å². The van der Waals surface area contributed by atoms with Crippen LogP contribution in [0.5, 0.6) is 0 Å². The standard InChI is InChI=1S/C19H33N5O3S/c1-3-4-5-14-28(26,27)23-12-10-22(11-13-23)15-19(25)21-18-8-9-20-24(18)16(2)17-6-7-17/h8-9,16-17H,3-7,10-15H2,1-2H3,(H,21,25). The maximum atomic E-state index is 12.5. The fraction of sp³-hybridized carbons (Fsp3) is 0.789. The first-order valence-electron chi connectivity index (χ1n) is 10.4. The molecule has 0 bridgehead atoms. The maximum absolute atomic E-state index is 12.5. The number of aromatic nitrogens is 2. The molecule has 2 aliphatic rings. The topological polar surface area (TPSA) is 87.5 Å². The Morgan fingerprint density at radius 1 is 1.25 bits per heavy atom. The molecule has 3 rings (SSSR count). The van der Waals surface area contributed by atoms with Gasteiger partial charge in [-0.15, -0.1) is 0 Å². The van der Waals surface area contributed by atoms with Gasteiger partial charge in [0.2, 0.25) is 15.9 Å². The first-order chi connectivity index (χ1) is 13.4. The Balaban J connectivity index is 1.45. The van der Waals surface area contributed by atoms with E-state index >= 15 is 0 Å². The lowest BCUT2D eigenvalue weighted by Gasteiger charge is -2.33. The summed E-state index contributed by atoms with van der Waals surface area (Å²) < 4.78 is 28.2. The lowest BCUT2D eigenvalue weighted by molar-refractivity contribution is -0.117. The van der Waals surface area contributed by atoms with Gasteiger partial charge in [0.25, 0.3) is 0 Å². The van der Waals surface area contributed by atoms with Crippen LogP contribution in [0.15, 0.2) is 12.3 Å².